The van der Waals surface area contributed by atoms with Gasteiger partial charge in [-0.25, -0.2) is 0 Å². The van der Waals surface area contributed by atoms with Gasteiger partial charge in [0.1, 0.15) is 0 Å². The third kappa shape index (κ3) is 2.79. The molecule has 1 aromatic carbocycles. The van der Waals surface area contributed by atoms with E-state index in [4.69, 9.17) is 5.73 Å². The molecule has 0 unspecified atom stereocenters. The average molecular weight is 257 g/mol. The standard InChI is InChI=1S/C12H10F3NS/c13-12(14,15)9-3-4-11(16)8(6-9)7-10-2-1-5-17-10/h1-6H,7,16H2. The first kappa shape index (κ1) is 12.0. The Kier molecular flexibility index (Phi) is 3.11. The zero-order chi connectivity index (χ0) is 12.5. The molecule has 0 saturated heterocycles. The summed E-state index contributed by atoms with van der Waals surface area (Å²) >= 11 is 1.50. The second kappa shape index (κ2) is 4.41. The lowest BCUT2D eigenvalue weighted by Crippen LogP contribution is -2.06. The molecule has 2 aromatic rings. The van der Waals surface area contributed by atoms with Gasteiger partial charge in [-0.1, -0.05) is 6.07 Å². The maximum atomic E-state index is 12.5. The van der Waals surface area contributed by atoms with Crippen molar-refractivity contribution in [2.24, 2.45) is 0 Å². The second-order valence-electron chi connectivity index (χ2n) is 3.67. The number of hydrogen-bond donors (Lipinski definition) is 1. The minimum Gasteiger partial charge on any atom is -0.398 e. The van der Waals surface area contributed by atoms with E-state index in [0.717, 1.165) is 17.0 Å². The Morgan fingerprint density at radius 1 is 1.18 bits per heavy atom. The largest absolute Gasteiger partial charge is 0.416 e. The zero-order valence-corrected chi connectivity index (χ0v) is 9.61. The van der Waals surface area contributed by atoms with Crippen molar-refractivity contribution in [2.75, 3.05) is 5.73 Å². The van der Waals surface area contributed by atoms with E-state index in [2.05, 4.69) is 0 Å². The van der Waals surface area contributed by atoms with Crippen LogP contribution < -0.4 is 5.73 Å². The Labute approximate surface area is 101 Å². The van der Waals surface area contributed by atoms with Gasteiger partial charge >= 0.3 is 6.18 Å². The highest BCUT2D eigenvalue weighted by atomic mass is 32.1. The van der Waals surface area contributed by atoms with Gasteiger partial charge in [0, 0.05) is 17.0 Å². The molecule has 1 aromatic heterocycles. The smallest absolute Gasteiger partial charge is 0.398 e. The summed E-state index contributed by atoms with van der Waals surface area (Å²) in [5.74, 6) is 0. The molecule has 0 radical (unpaired) electrons. The molecule has 2 rings (SSSR count). The van der Waals surface area contributed by atoms with E-state index in [-0.39, 0.29) is 0 Å². The summed E-state index contributed by atoms with van der Waals surface area (Å²) in [4.78, 5) is 0.996. The summed E-state index contributed by atoms with van der Waals surface area (Å²) < 4.78 is 37.6. The predicted octanol–water partition coefficient (Wildman–Crippen LogP) is 3.94. The third-order valence-corrected chi connectivity index (χ3v) is 3.29. The molecule has 0 spiro atoms. The van der Waals surface area contributed by atoms with Gasteiger partial charge in [-0.3, -0.25) is 0 Å². The maximum Gasteiger partial charge on any atom is 0.416 e. The molecule has 17 heavy (non-hydrogen) atoms. The van der Waals surface area contributed by atoms with Gasteiger partial charge in [-0.15, -0.1) is 11.3 Å². The number of nitrogen functional groups attached to an aromatic ring is 1. The fraction of sp³-hybridized carbons (Fsp3) is 0.167. The van der Waals surface area contributed by atoms with Gasteiger partial charge in [-0.05, 0) is 35.2 Å². The monoisotopic (exact) mass is 257 g/mol. The van der Waals surface area contributed by atoms with E-state index >= 15 is 0 Å². The van der Waals surface area contributed by atoms with Gasteiger partial charge < -0.3 is 5.73 Å². The lowest BCUT2D eigenvalue weighted by Gasteiger charge is -2.10. The Morgan fingerprint density at radius 2 is 1.94 bits per heavy atom. The van der Waals surface area contributed by atoms with Crippen molar-refractivity contribution in [3.8, 4) is 0 Å². The van der Waals surface area contributed by atoms with Crippen LogP contribution in [-0.2, 0) is 12.6 Å². The number of benzene rings is 1. The first-order chi connectivity index (χ1) is 7.97. The van der Waals surface area contributed by atoms with Gasteiger partial charge in [0.25, 0.3) is 0 Å². The topological polar surface area (TPSA) is 26.0 Å². The van der Waals surface area contributed by atoms with Crippen molar-refractivity contribution in [1.82, 2.24) is 0 Å². The number of halogens is 3. The van der Waals surface area contributed by atoms with Gasteiger partial charge in [0.05, 0.1) is 5.56 Å². The van der Waals surface area contributed by atoms with Crippen molar-refractivity contribution in [2.45, 2.75) is 12.6 Å². The SMILES string of the molecule is Nc1ccc(C(F)(F)F)cc1Cc1cccs1. The Morgan fingerprint density at radius 3 is 2.53 bits per heavy atom. The predicted molar refractivity (Wildman–Crippen MR) is 63.0 cm³/mol. The van der Waals surface area contributed by atoms with Gasteiger partial charge in [0.15, 0.2) is 0 Å². The summed E-state index contributed by atoms with van der Waals surface area (Å²) in [7, 11) is 0. The zero-order valence-electron chi connectivity index (χ0n) is 8.79. The van der Waals surface area contributed by atoms with Crippen LogP contribution >= 0.6 is 11.3 Å². The number of thiophene rings is 1. The first-order valence-electron chi connectivity index (χ1n) is 4.95. The molecule has 0 fully saturated rings. The normalized spacial score (nSPS) is 11.7. The number of rotatable bonds is 2. The average Bonchev–Trinajstić information content (AvgIpc) is 2.72. The molecule has 1 nitrogen and oxygen atoms in total. The first-order valence-corrected chi connectivity index (χ1v) is 5.83. The lowest BCUT2D eigenvalue weighted by molar-refractivity contribution is -0.137. The highest BCUT2D eigenvalue weighted by Crippen LogP contribution is 2.32. The Hall–Kier alpha value is -1.49. The minimum absolute atomic E-state index is 0.395. The number of alkyl halides is 3. The Balaban J connectivity index is 2.33. The van der Waals surface area contributed by atoms with E-state index in [0.29, 0.717) is 17.7 Å². The maximum absolute atomic E-state index is 12.5. The van der Waals surface area contributed by atoms with Crippen molar-refractivity contribution in [3.05, 3.63) is 51.7 Å². The molecule has 0 atom stereocenters. The lowest BCUT2D eigenvalue weighted by atomic mass is 10.0. The molecule has 5 heteroatoms. The molecule has 1 heterocycles. The molecule has 0 bridgehead atoms. The van der Waals surface area contributed by atoms with Crippen molar-refractivity contribution in [1.29, 1.82) is 0 Å². The van der Waals surface area contributed by atoms with E-state index in [9.17, 15) is 13.2 Å². The van der Waals surface area contributed by atoms with Crippen LogP contribution in [0.1, 0.15) is 16.0 Å². The van der Waals surface area contributed by atoms with E-state index in [1.807, 2.05) is 17.5 Å². The van der Waals surface area contributed by atoms with E-state index in [1.165, 1.54) is 17.4 Å². The second-order valence-corrected chi connectivity index (χ2v) is 4.70. The fourth-order valence-corrected chi connectivity index (χ4v) is 2.26. The summed E-state index contributed by atoms with van der Waals surface area (Å²) in [5, 5.41) is 1.89. The fourth-order valence-electron chi connectivity index (χ4n) is 1.54. The number of hydrogen-bond acceptors (Lipinski definition) is 2. The van der Waals surface area contributed by atoms with Crippen molar-refractivity contribution < 1.29 is 13.2 Å². The molecule has 0 amide bonds. The molecule has 90 valence electrons. The highest BCUT2D eigenvalue weighted by Gasteiger charge is 2.30. The molecular weight excluding hydrogens is 247 g/mol. The van der Waals surface area contributed by atoms with Crippen LogP contribution in [0.25, 0.3) is 0 Å². The van der Waals surface area contributed by atoms with Crippen LogP contribution in [0.5, 0.6) is 0 Å². The number of anilines is 1. The summed E-state index contributed by atoms with van der Waals surface area (Å²) in [6.07, 6.45) is -3.88. The van der Waals surface area contributed by atoms with E-state index < -0.39 is 11.7 Å². The minimum atomic E-state index is -4.32. The summed E-state index contributed by atoms with van der Waals surface area (Å²) in [6, 6.07) is 7.18. The van der Waals surface area contributed by atoms with Crippen molar-refractivity contribution in [3.63, 3.8) is 0 Å². The summed E-state index contributed by atoms with van der Waals surface area (Å²) in [6.45, 7) is 0. The van der Waals surface area contributed by atoms with E-state index in [1.54, 1.807) is 0 Å². The third-order valence-electron chi connectivity index (χ3n) is 2.42. The van der Waals surface area contributed by atoms with Crippen LogP contribution in [0.4, 0.5) is 18.9 Å². The van der Waals surface area contributed by atoms with Crippen LogP contribution in [-0.4, -0.2) is 0 Å². The van der Waals surface area contributed by atoms with Crippen LogP contribution in [0.3, 0.4) is 0 Å². The molecule has 2 N–H and O–H groups in total. The quantitative estimate of drug-likeness (QED) is 0.810. The highest BCUT2D eigenvalue weighted by molar-refractivity contribution is 7.09. The molecule has 0 aliphatic heterocycles. The molecule has 0 aliphatic carbocycles. The van der Waals surface area contributed by atoms with Gasteiger partial charge in [0.2, 0.25) is 0 Å². The number of nitrogens with two attached hydrogens (primary N) is 1. The van der Waals surface area contributed by atoms with Crippen LogP contribution in [0.15, 0.2) is 35.7 Å². The van der Waals surface area contributed by atoms with Crippen LogP contribution in [0.2, 0.25) is 0 Å². The van der Waals surface area contributed by atoms with Crippen molar-refractivity contribution >= 4 is 17.0 Å². The van der Waals surface area contributed by atoms with Gasteiger partial charge in [-0.2, -0.15) is 13.2 Å². The molecule has 0 aliphatic rings. The Bertz CT molecular complexity index is 503. The molecular formula is C12H10F3NS. The molecule has 0 saturated carbocycles. The summed E-state index contributed by atoms with van der Waals surface area (Å²) in [5.41, 5.74) is 5.94. The van der Waals surface area contributed by atoms with Crippen LogP contribution in [0, 0.1) is 0 Å².